The van der Waals surface area contributed by atoms with Crippen LogP contribution in [0.2, 0.25) is 5.02 Å². The molecule has 1 aliphatic rings. The fourth-order valence-electron chi connectivity index (χ4n) is 2.47. The average molecular weight is 285 g/mol. The first-order valence-corrected chi connectivity index (χ1v) is 6.86. The van der Waals surface area contributed by atoms with E-state index in [2.05, 4.69) is 11.8 Å². The predicted molar refractivity (Wildman–Crippen MR) is 78.5 cm³/mol. The molecule has 0 amide bonds. The fourth-order valence-corrected chi connectivity index (χ4v) is 2.71. The molecule has 1 aromatic carbocycles. The second-order valence-corrected chi connectivity index (χ2v) is 5.44. The number of hydrogen-bond acceptors (Lipinski definition) is 4. The van der Waals surface area contributed by atoms with E-state index in [0.717, 1.165) is 30.9 Å². The molecule has 1 aromatic rings. The Balaban J connectivity index is 2.31. The largest absolute Gasteiger partial charge is 0.495 e. The summed E-state index contributed by atoms with van der Waals surface area (Å²) in [7, 11) is 3.26. The average Bonchev–Trinajstić information content (AvgIpc) is 2.41. The summed E-state index contributed by atoms with van der Waals surface area (Å²) in [4.78, 5) is 2.28. The summed E-state index contributed by atoms with van der Waals surface area (Å²) in [6.07, 6.45) is 0.980. The molecule has 1 heterocycles. The number of ether oxygens (including phenoxy) is 2. The monoisotopic (exact) mass is 284 g/mol. The third kappa shape index (κ3) is 2.90. The first kappa shape index (κ1) is 14.3. The van der Waals surface area contributed by atoms with E-state index >= 15 is 0 Å². The number of piperidine rings is 1. The number of rotatable bonds is 3. The summed E-state index contributed by atoms with van der Waals surface area (Å²) in [6, 6.07) is 4.01. The van der Waals surface area contributed by atoms with Gasteiger partial charge in [-0.1, -0.05) is 18.5 Å². The van der Waals surface area contributed by atoms with E-state index in [-0.39, 0.29) is 6.04 Å². The zero-order valence-electron chi connectivity index (χ0n) is 11.6. The quantitative estimate of drug-likeness (QED) is 0.927. The van der Waals surface area contributed by atoms with Crippen LogP contribution in [0.5, 0.6) is 11.5 Å². The van der Waals surface area contributed by atoms with E-state index in [1.165, 1.54) is 0 Å². The maximum absolute atomic E-state index is 6.21. The summed E-state index contributed by atoms with van der Waals surface area (Å²) in [5.74, 6) is 1.87. The van der Waals surface area contributed by atoms with Crippen LogP contribution in [0.25, 0.3) is 0 Å². The summed E-state index contributed by atoms with van der Waals surface area (Å²) >= 11 is 6.21. The van der Waals surface area contributed by atoms with Gasteiger partial charge < -0.3 is 20.1 Å². The van der Waals surface area contributed by atoms with Crippen molar-refractivity contribution >= 4 is 17.3 Å². The summed E-state index contributed by atoms with van der Waals surface area (Å²) in [5, 5.41) is 0.598. The highest BCUT2D eigenvalue weighted by Gasteiger charge is 2.25. The Labute approximate surface area is 119 Å². The number of hydrogen-bond donors (Lipinski definition) is 1. The second-order valence-electron chi connectivity index (χ2n) is 5.03. The molecule has 1 fully saturated rings. The molecule has 1 saturated heterocycles. The molecule has 4 nitrogen and oxygen atoms in total. The number of methoxy groups -OCH3 is 2. The van der Waals surface area contributed by atoms with Gasteiger partial charge in [-0.15, -0.1) is 0 Å². The van der Waals surface area contributed by atoms with Crippen molar-refractivity contribution in [1.82, 2.24) is 0 Å². The van der Waals surface area contributed by atoms with E-state index in [9.17, 15) is 0 Å². The molecule has 0 aromatic heterocycles. The van der Waals surface area contributed by atoms with Gasteiger partial charge in [0.1, 0.15) is 11.5 Å². The van der Waals surface area contributed by atoms with Crippen molar-refractivity contribution in [3.8, 4) is 11.5 Å². The van der Waals surface area contributed by atoms with Gasteiger partial charge in [0.2, 0.25) is 0 Å². The first-order chi connectivity index (χ1) is 9.06. The van der Waals surface area contributed by atoms with Gasteiger partial charge in [0.25, 0.3) is 0 Å². The van der Waals surface area contributed by atoms with Crippen LogP contribution in [-0.2, 0) is 0 Å². The van der Waals surface area contributed by atoms with E-state index in [4.69, 9.17) is 26.8 Å². The molecular weight excluding hydrogens is 264 g/mol. The van der Waals surface area contributed by atoms with Crippen molar-refractivity contribution in [1.29, 1.82) is 0 Å². The van der Waals surface area contributed by atoms with Crippen LogP contribution in [0, 0.1) is 5.92 Å². The Morgan fingerprint density at radius 1 is 1.26 bits per heavy atom. The highest BCUT2D eigenvalue weighted by atomic mass is 35.5. The normalized spacial score (nSPS) is 23.3. The highest BCUT2D eigenvalue weighted by Crippen LogP contribution is 2.39. The Morgan fingerprint density at radius 2 is 1.95 bits per heavy atom. The van der Waals surface area contributed by atoms with Crippen molar-refractivity contribution < 1.29 is 9.47 Å². The zero-order valence-corrected chi connectivity index (χ0v) is 12.4. The van der Waals surface area contributed by atoms with Gasteiger partial charge in [-0.05, 0) is 18.4 Å². The van der Waals surface area contributed by atoms with Crippen LogP contribution in [0.15, 0.2) is 12.1 Å². The summed E-state index contributed by atoms with van der Waals surface area (Å²) in [6.45, 7) is 4.01. The molecule has 106 valence electrons. The first-order valence-electron chi connectivity index (χ1n) is 6.49. The van der Waals surface area contributed by atoms with E-state index < -0.39 is 0 Å². The number of nitrogens with two attached hydrogens (primary N) is 1. The van der Waals surface area contributed by atoms with Gasteiger partial charge >= 0.3 is 0 Å². The maximum atomic E-state index is 6.21. The summed E-state index contributed by atoms with van der Waals surface area (Å²) in [5.41, 5.74) is 7.07. The fraction of sp³-hybridized carbons (Fsp3) is 0.571. The molecule has 1 aliphatic heterocycles. The Hall–Kier alpha value is -1.13. The zero-order chi connectivity index (χ0) is 14.0. The molecule has 0 aliphatic carbocycles. The Morgan fingerprint density at radius 3 is 2.53 bits per heavy atom. The van der Waals surface area contributed by atoms with Gasteiger partial charge in [0.15, 0.2) is 0 Å². The van der Waals surface area contributed by atoms with Crippen LogP contribution < -0.4 is 20.1 Å². The van der Waals surface area contributed by atoms with Crippen LogP contribution >= 0.6 is 11.6 Å². The molecule has 5 heteroatoms. The number of halogens is 1. The van der Waals surface area contributed by atoms with Crippen molar-refractivity contribution in [2.45, 2.75) is 19.4 Å². The Bertz CT molecular complexity index is 453. The van der Waals surface area contributed by atoms with Gasteiger partial charge in [0.05, 0.1) is 24.9 Å². The molecule has 0 radical (unpaired) electrons. The lowest BCUT2D eigenvalue weighted by molar-refractivity contribution is 0.371. The standard InChI is InChI=1S/C14H21ClN2O2/c1-9-8-17(5-4-11(9)16)12-6-10(15)13(18-2)7-14(12)19-3/h6-7,9,11H,4-5,8,16H2,1-3H3. The molecule has 2 unspecified atom stereocenters. The summed E-state index contributed by atoms with van der Waals surface area (Å²) < 4.78 is 10.7. The minimum absolute atomic E-state index is 0.274. The smallest absolute Gasteiger partial charge is 0.145 e. The third-order valence-corrected chi connectivity index (χ3v) is 4.06. The number of benzene rings is 1. The maximum Gasteiger partial charge on any atom is 0.145 e. The predicted octanol–water partition coefficient (Wildman–Crippen LogP) is 2.53. The minimum atomic E-state index is 0.274. The van der Waals surface area contributed by atoms with Gasteiger partial charge in [-0.25, -0.2) is 0 Å². The van der Waals surface area contributed by atoms with Crippen molar-refractivity contribution in [3.05, 3.63) is 17.2 Å². The van der Waals surface area contributed by atoms with Crippen molar-refractivity contribution in [2.24, 2.45) is 11.7 Å². The van der Waals surface area contributed by atoms with Crippen LogP contribution in [0.3, 0.4) is 0 Å². The molecule has 0 bridgehead atoms. The van der Waals surface area contributed by atoms with E-state index in [0.29, 0.717) is 16.7 Å². The molecule has 19 heavy (non-hydrogen) atoms. The van der Waals surface area contributed by atoms with Gasteiger partial charge in [-0.2, -0.15) is 0 Å². The Kier molecular flexibility index (Phi) is 4.42. The van der Waals surface area contributed by atoms with Crippen molar-refractivity contribution in [2.75, 3.05) is 32.2 Å². The van der Waals surface area contributed by atoms with Crippen LogP contribution in [0.4, 0.5) is 5.69 Å². The highest BCUT2D eigenvalue weighted by molar-refractivity contribution is 6.32. The molecular formula is C14H21ClN2O2. The second kappa shape index (κ2) is 5.88. The lowest BCUT2D eigenvalue weighted by Crippen LogP contribution is -2.46. The van der Waals surface area contributed by atoms with Gasteiger partial charge in [0, 0.05) is 25.2 Å². The lowest BCUT2D eigenvalue weighted by Gasteiger charge is -2.37. The molecule has 2 rings (SSSR count). The van der Waals surface area contributed by atoms with Crippen LogP contribution in [-0.4, -0.2) is 33.4 Å². The molecule has 2 N–H and O–H groups in total. The SMILES string of the molecule is COc1cc(OC)c(N2CCC(N)C(C)C2)cc1Cl. The van der Waals surface area contributed by atoms with Crippen molar-refractivity contribution in [3.63, 3.8) is 0 Å². The van der Waals surface area contributed by atoms with E-state index in [1.807, 2.05) is 12.1 Å². The molecule has 0 saturated carbocycles. The van der Waals surface area contributed by atoms with Gasteiger partial charge in [-0.3, -0.25) is 0 Å². The number of anilines is 1. The minimum Gasteiger partial charge on any atom is -0.495 e. The van der Waals surface area contributed by atoms with E-state index in [1.54, 1.807) is 14.2 Å². The van der Waals surface area contributed by atoms with Crippen LogP contribution in [0.1, 0.15) is 13.3 Å². The topological polar surface area (TPSA) is 47.7 Å². The molecule has 0 spiro atoms. The molecule has 2 atom stereocenters. The number of nitrogens with zero attached hydrogens (tertiary/aromatic N) is 1. The third-order valence-electron chi connectivity index (χ3n) is 3.77. The lowest BCUT2D eigenvalue weighted by atomic mass is 9.94.